The minimum atomic E-state index is -2.91. The van der Waals surface area contributed by atoms with Gasteiger partial charge < -0.3 is 29.9 Å². The summed E-state index contributed by atoms with van der Waals surface area (Å²) in [5.41, 5.74) is 0.828. The summed E-state index contributed by atoms with van der Waals surface area (Å²) in [7, 11) is 1.94. The lowest BCUT2D eigenvalue weighted by atomic mass is 10.0. The second kappa shape index (κ2) is 13.5. The fraction of sp³-hybridized carbons (Fsp3) is 0.621. The predicted octanol–water partition coefficient (Wildman–Crippen LogP) is 3.34. The molecule has 0 unspecified atom stereocenters. The summed E-state index contributed by atoms with van der Waals surface area (Å²) in [4.78, 5) is 44.6. The summed E-state index contributed by atoms with van der Waals surface area (Å²) in [6.45, 7) is 10.2. The van der Waals surface area contributed by atoms with Gasteiger partial charge >= 0.3 is 6.09 Å². The van der Waals surface area contributed by atoms with E-state index in [4.69, 9.17) is 4.74 Å². The molecule has 0 saturated carbocycles. The molecule has 3 rings (SSSR count). The molecule has 2 N–H and O–H groups in total. The summed E-state index contributed by atoms with van der Waals surface area (Å²) in [6.07, 6.45) is 0.214. The van der Waals surface area contributed by atoms with E-state index in [-0.39, 0.29) is 24.0 Å². The van der Waals surface area contributed by atoms with Crippen LogP contribution in [0, 0.1) is 0 Å². The van der Waals surface area contributed by atoms with Crippen molar-refractivity contribution in [2.45, 2.75) is 52.1 Å². The minimum absolute atomic E-state index is 0.0164. The molecule has 0 radical (unpaired) electrons. The number of ether oxygens (including phenoxy) is 1. The predicted molar refractivity (Wildman–Crippen MR) is 153 cm³/mol. The van der Waals surface area contributed by atoms with Gasteiger partial charge in [0, 0.05) is 58.4 Å². The van der Waals surface area contributed by atoms with Gasteiger partial charge in [-0.2, -0.15) is 0 Å². The van der Waals surface area contributed by atoms with E-state index in [1.807, 2.05) is 33.9 Å². The maximum absolute atomic E-state index is 13.4. The Balaban J connectivity index is 1.49. The van der Waals surface area contributed by atoms with E-state index in [0.29, 0.717) is 18.7 Å². The van der Waals surface area contributed by atoms with Crippen LogP contribution in [0.4, 0.5) is 19.3 Å². The second-order valence-electron chi connectivity index (χ2n) is 11.7. The minimum Gasteiger partial charge on any atom is -0.512 e. The largest absolute Gasteiger partial charge is 0.512 e. The van der Waals surface area contributed by atoms with Crippen molar-refractivity contribution in [3.8, 4) is 0 Å². The van der Waals surface area contributed by atoms with Crippen LogP contribution >= 0.6 is 0 Å². The number of nitrogens with zero attached hydrogens (tertiary/aromatic N) is 4. The van der Waals surface area contributed by atoms with Crippen LogP contribution in [0.25, 0.3) is 5.57 Å². The van der Waals surface area contributed by atoms with Crippen LogP contribution in [0.15, 0.2) is 30.0 Å². The average molecular weight is 580 g/mol. The van der Waals surface area contributed by atoms with E-state index < -0.39 is 42.8 Å². The molecule has 228 valence electrons. The molecule has 2 saturated heterocycles. The van der Waals surface area contributed by atoms with Gasteiger partial charge in [0.15, 0.2) is 0 Å². The topological polar surface area (TPSA) is 106 Å². The van der Waals surface area contributed by atoms with Crippen LogP contribution in [0.3, 0.4) is 0 Å². The Kier molecular flexibility index (Phi) is 10.6. The third-order valence-electron chi connectivity index (χ3n) is 7.08. The van der Waals surface area contributed by atoms with Crippen LogP contribution in [0.2, 0.25) is 0 Å². The van der Waals surface area contributed by atoms with Gasteiger partial charge in [0.05, 0.1) is 18.7 Å². The zero-order valence-corrected chi connectivity index (χ0v) is 24.7. The molecule has 41 heavy (non-hydrogen) atoms. The lowest BCUT2D eigenvalue weighted by molar-refractivity contribution is -0.132. The molecule has 0 aromatic heterocycles. The first kappa shape index (κ1) is 32.1. The first-order valence-corrected chi connectivity index (χ1v) is 14.0. The number of hydrogen-bond donors (Lipinski definition) is 2. The third-order valence-corrected chi connectivity index (χ3v) is 7.08. The molecule has 2 aliphatic rings. The van der Waals surface area contributed by atoms with Gasteiger partial charge in [0.1, 0.15) is 11.4 Å². The zero-order chi connectivity index (χ0) is 30.4. The quantitative estimate of drug-likeness (QED) is 0.342. The molecule has 2 fully saturated rings. The van der Waals surface area contributed by atoms with E-state index in [0.717, 1.165) is 43.2 Å². The molecule has 10 nitrogen and oxygen atoms in total. The van der Waals surface area contributed by atoms with Crippen molar-refractivity contribution in [1.29, 1.82) is 0 Å². The maximum atomic E-state index is 13.4. The molecule has 12 heteroatoms. The molecule has 0 aliphatic carbocycles. The molecular formula is C29H43F2N5O5. The molecule has 0 atom stereocenters. The Morgan fingerprint density at radius 1 is 1.10 bits per heavy atom. The molecule has 1 aromatic carbocycles. The summed E-state index contributed by atoms with van der Waals surface area (Å²) in [6, 6.07) is 7.17. The van der Waals surface area contributed by atoms with Crippen LogP contribution in [-0.4, -0.2) is 115 Å². The molecule has 3 amide bonds. The second-order valence-corrected chi connectivity index (χ2v) is 11.7. The van der Waals surface area contributed by atoms with Gasteiger partial charge in [0.2, 0.25) is 5.91 Å². The van der Waals surface area contributed by atoms with E-state index in [1.54, 1.807) is 23.1 Å². The molecule has 2 aliphatic heterocycles. The van der Waals surface area contributed by atoms with Crippen LogP contribution in [-0.2, 0) is 14.3 Å². The normalized spacial score (nSPS) is 18.1. The number of halogens is 2. The molecular weight excluding hydrogens is 536 g/mol. The molecule has 2 heterocycles. The molecule has 0 bridgehead atoms. The molecule has 0 spiro atoms. The fourth-order valence-corrected chi connectivity index (χ4v) is 4.85. The fourth-order valence-electron chi connectivity index (χ4n) is 4.85. The van der Waals surface area contributed by atoms with Gasteiger partial charge in [-0.15, -0.1) is 0 Å². The lowest BCUT2D eigenvalue weighted by Crippen LogP contribution is -2.50. The third kappa shape index (κ3) is 9.58. The highest BCUT2D eigenvalue weighted by atomic mass is 19.3. The smallest absolute Gasteiger partial charge is 0.410 e. The van der Waals surface area contributed by atoms with E-state index in [9.17, 15) is 28.3 Å². The Labute approximate surface area is 240 Å². The number of rotatable bonds is 9. The Bertz CT molecular complexity index is 1120. The first-order chi connectivity index (χ1) is 19.1. The number of anilines is 1. The average Bonchev–Trinajstić information content (AvgIpc) is 3.26. The van der Waals surface area contributed by atoms with Gasteiger partial charge in [-0.3, -0.25) is 14.5 Å². The van der Waals surface area contributed by atoms with E-state index in [1.165, 1.54) is 6.92 Å². The summed E-state index contributed by atoms with van der Waals surface area (Å²) < 4.78 is 32.3. The number of likely N-dealkylation sites (tertiary alicyclic amines) is 1. The number of nitrogens with one attached hydrogen (secondary N) is 1. The Morgan fingerprint density at radius 2 is 1.78 bits per heavy atom. The van der Waals surface area contributed by atoms with Crippen molar-refractivity contribution in [3.63, 3.8) is 0 Å². The van der Waals surface area contributed by atoms with E-state index >= 15 is 0 Å². The highest BCUT2D eigenvalue weighted by Gasteiger charge is 2.40. The summed E-state index contributed by atoms with van der Waals surface area (Å²) in [5.74, 6) is -4.37. The van der Waals surface area contributed by atoms with Crippen molar-refractivity contribution in [1.82, 2.24) is 20.0 Å². The van der Waals surface area contributed by atoms with Crippen molar-refractivity contribution in [2.75, 3.05) is 70.9 Å². The van der Waals surface area contributed by atoms with Crippen LogP contribution in [0.1, 0.15) is 46.1 Å². The highest BCUT2D eigenvalue weighted by molar-refractivity contribution is 6.20. The number of carbonyl (C=O) groups is 3. The van der Waals surface area contributed by atoms with Crippen molar-refractivity contribution >= 4 is 29.2 Å². The van der Waals surface area contributed by atoms with Crippen LogP contribution < -0.4 is 10.2 Å². The lowest BCUT2D eigenvalue weighted by Gasteiger charge is -2.35. The SMILES string of the molecule is C/C(O)=C(/C(=O)NCC(=O)N1CCC(F)(F)C1)c1cccc(N(C)CCCN2CCN(C(=O)OC(C)(C)C)CC2)c1. The van der Waals surface area contributed by atoms with Gasteiger partial charge in [-0.1, -0.05) is 12.1 Å². The van der Waals surface area contributed by atoms with Gasteiger partial charge in [-0.25, -0.2) is 13.6 Å². The number of hydrogen-bond acceptors (Lipinski definition) is 7. The number of aliphatic hydroxyl groups excluding tert-OH is 1. The first-order valence-electron chi connectivity index (χ1n) is 14.0. The number of amides is 3. The number of carbonyl (C=O) groups excluding carboxylic acids is 3. The zero-order valence-electron chi connectivity index (χ0n) is 24.7. The van der Waals surface area contributed by atoms with E-state index in [2.05, 4.69) is 15.1 Å². The number of alkyl halides is 2. The highest BCUT2D eigenvalue weighted by Crippen LogP contribution is 2.27. The number of benzene rings is 1. The Morgan fingerprint density at radius 3 is 2.37 bits per heavy atom. The summed E-state index contributed by atoms with van der Waals surface area (Å²) >= 11 is 0. The van der Waals surface area contributed by atoms with Gasteiger partial charge in [-0.05, 0) is 58.4 Å². The number of aliphatic hydroxyl groups is 1. The number of piperazine rings is 1. The molecule has 1 aromatic rings. The van der Waals surface area contributed by atoms with Crippen molar-refractivity contribution in [2.24, 2.45) is 0 Å². The van der Waals surface area contributed by atoms with Crippen LogP contribution in [0.5, 0.6) is 0 Å². The van der Waals surface area contributed by atoms with Crippen molar-refractivity contribution < 1.29 is 33.0 Å². The maximum Gasteiger partial charge on any atom is 0.410 e. The Hall–Kier alpha value is -3.41. The summed E-state index contributed by atoms with van der Waals surface area (Å²) in [5, 5.41) is 12.7. The monoisotopic (exact) mass is 579 g/mol. The number of allylic oxidation sites excluding steroid dienone is 1. The standard InChI is InChI=1S/C29H43F2N5O5/c1-21(37)25(26(39)32-19-24(38)36-13-10-29(30,31)20-36)22-8-6-9-23(18-22)33(5)11-7-12-34-14-16-35(17-15-34)27(40)41-28(2,3)4/h6,8-9,18,37H,7,10-17,19-20H2,1-5H3,(H,32,39)/b25-21-. The van der Waals surface area contributed by atoms with Crippen molar-refractivity contribution in [3.05, 3.63) is 35.6 Å². The van der Waals surface area contributed by atoms with Gasteiger partial charge in [0.25, 0.3) is 11.8 Å².